The highest BCUT2D eigenvalue weighted by Gasteiger charge is 2.38. The predicted molar refractivity (Wildman–Crippen MR) is 466 cm³/mol. The van der Waals surface area contributed by atoms with E-state index in [1.54, 1.807) is 0 Å². The maximum Gasteiger partial charge on any atom is 0.143 e. The number of hydrogen-bond acceptors (Lipinski definition) is 2. The summed E-state index contributed by atoms with van der Waals surface area (Å²) in [5.74, 6) is 0. The fraction of sp³-hybridized carbons (Fsp3) is 0.0556. The summed E-state index contributed by atoms with van der Waals surface area (Å²) < 4.78 is 13.1. The molecule has 19 aromatic carbocycles. The molecular formula is C108H72O2. The number of hydrogen-bond donors (Lipinski definition) is 0. The molecule has 0 unspecified atom stereocenters. The summed E-state index contributed by atoms with van der Waals surface area (Å²) in [5.41, 5.74) is 31.6. The van der Waals surface area contributed by atoms with E-state index in [-0.39, 0.29) is 10.8 Å². The van der Waals surface area contributed by atoms with Gasteiger partial charge in [-0.25, -0.2) is 0 Å². The van der Waals surface area contributed by atoms with Gasteiger partial charge in [-0.05, 0) is 243 Å². The van der Waals surface area contributed by atoms with Gasteiger partial charge in [0.1, 0.15) is 22.3 Å². The Balaban J connectivity index is 0.000000136. The largest absolute Gasteiger partial charge is 0.456 e. The summed E-state index contributed by atoms with van der Waals surface area (Å²) in [5, 5.41) is 19.6. The van der Waals surface area contributed by atoms with Crippen molar-refractivity contribution in [2.75, 3.05) is 0 Å². The van der Waals surface area contributed by atoms with Gasteiger partial charge in [0, 0.05) is 43.5 Å². The van der Waals surface area contributed by atoms with Gasteiger partial charge in [0.05, 0.1) is 0 Å². The van der Waals surface area contributed by atoms with Gasteiger partial charge < -0.3 is 8.83 Å². The van der Waals surface area contributed by atoms with E-state index >= 15 is 0 Å². The Hall–Kier alpha value is -13.7. The van der Waals surface area contributed by atoms with Crippen molar-refractivity contribution in [1.82, 2.24) is 0 Å². The molecule has 0 amide bonds. The Bertz CT molecular complexity index is 7310. The van der Waals surface area contributed by atoms with E-state index in [0.717, 1.165) is 49.4 Å². The monoisotopic (exact) mass is 1400 g/mol. The standard InChI is InChI=1S/C57H38O.C51H34O/c1-57(2)51-27-24-40(31-47(51)48-30-38-14-6-7-15-39(38)34-52(48)57)41-25-28-53-49(32-41)50-33-42(26-29-54(50)58-53)56-45-18-10-8-16-43(45)55(44-17-9-11-19-46(44)56)37-22-20-36(21-23-37)35-12-4-3-5-13-35;1-51(2)45-27-26-35(29-43(45)44-28-33-12-3-4-13-34(33)30-46(44)51)31-22-24-32(25-23-31)48-37-15-5-7-17-39(37)49(40-18-8-6-16-38(40)48)42-20-11-19-41-36-14-9-10-21-47(36)52-50(41)42/h3-34H,1-2H3;3-30H,1-2H3. The van der Waals surface area contributed by atoms with Crippen molar-refractivity contribution >= 4 is 109 Å². The molecule has 0 fully saturated rings. The molecule has 2 aromatic heterocycles. The topological polar surface area (TPSA) is 26.3 Å². The lowest BCUT2D eigenvalue weighted by molar-refractivity contribution is 0.661. The van der Waals surface area contributed by atoms with Gasteiger partial charge in [-0.2, -0.15) is 0 Å². The van der Waals surface area contributed by atoms with Gasteiger partial charge in [0.2, 0.25) is 0 Å². The molecule has 2 heteroatoms. The fourth-order valence-electron chi connectivity index (χ4n) is 19.1. The van der Waals surface area contributed by atoms with E-state index in [1.165, 1.54) is 181 Å². The van der Waals surface area contributed by atoms with Crippen molar-refractivity contribution < 1.29 is 8.83 Å². The SMILES string of the molecule is CC1(C)c2ccc(-c3ccc(-c4c5ccccc5c(-c5cccc6c5oc5ccccc56)c5ccccc45)cc3)cc2-c2cc3ccccc3cc21.CC1(C)c2ccc(-c3ccc4oc5ccc(-c6c7ccccc7c(-c7ccc(-c8ccccc8)cc7)c7ccccc67)cc5c4c3)cc2-c2cc3ccccc3cc21. The van der Waals surface area contributed by atoms with Crippen LogP contribution in [0.5, 0.6) is 0 Å². The Morgan fingerprint density at radius 2 is 0.491 bits per heavy atom. The molecule has 2 aliphatic rings. The zero-order valence-electron chi connectivity index (χ0n) is 61.5. The number of para-hydroxylation sites is 2. The lowest BCUT2D eigenvalue weighted by Crippen LogP contribution is -2.14. The molecule has 0 spiro atoms. The third-order valence-electron chi connectivity index (χ3n) is 24.5. The molecule has 516 valence electrons. The zero-order chi connectivity index (χ0) is 73.1. The van der Waals surface area contributed by atoms with E-state index in [0.29, 0.717) is 0 Å². The summed E-state index contributed by atoms with van der Waals surface area (Å²) in [7, 11) is 0. The summed E-state index contributed by atoms with van der Waals surface area (Å²) >= 11 is 0. The molecule has 21 aromatic rings. The molecule has 0 radical (unpaired) electrons. The normalized spacial score (nSPS) is 13.2. The lowest BCUT2D eigenvalue weighted by atomic mass is 9.81. The molecule has 2 nitrogen and oxygen atoms in total. The zero-order valence-corrected chi connectivity index (χ0v) is 61.5. The number of rotatable bonds is 7. The van der Waals surface area contributed by atoms with Crippen molar-refractivity contribution in [2.24, 2.45) is 0 Å². The van der Waals surface area contributed by atoms with Gasteiger partial charge in [0.25, 0.3) is 0 Å². The highest BCUT2D eigenvalue weighted by Crippen LogP contribution is 2.55. The molecule has 0 bridgehead atoms. The molecule has 2 aliphatic carbocycles. The third-order valence-corrected chi connectivity index (χ3v) is 24.5. The molecule has 0 aliphatic heterocycles. The fourth-order valence-corrected chi connectivity index (χ4v) is 19.1. The average molecular weight is 1400 g/mol. The second kappa shape index (κ2) is 24.4. The highest BCUT2D eigenvalue weighted by molar-refractivity contribution is 6.25. The van der Waals surface area contributed by atoms with Crippen molar-refractivity contribution in [1.29, 1.82) is 0 Å². The first kappa shape index (κ1) is 63.6. The van der Waals surface area contributed by atoms with Crippen LogP contribution in [-0.4, -0.2) is 0 Å². The van der Waals surface area contributed by atoms with Gasteiger partial charge in [0.15, 0.2) is 0 Å². The highest BCUT2D eigenvalue weighted by atomic mass is 16.3. The lowest BCUT2D eigenvalue weighted by Gasteiger charge is -2.22. The van der Waals surface area contributed by atoms with Gasteiger partial charge >= 0.3 is 0 Å². The summed E-state index contributed by atoms with van der Waals surface area (Å²) in [6.45, 7) is 9.43. The molecule has 0 N–H and O–H groups in total. The Kier molecular flexibility index (Phi) is 14.1. The van der Waals surface area contributed by atoms with E-state index in [1.807, 2.05) is 6.07 Å². The van der Waals surface area contributed by atoms with Crippen LogP contribution in [0.15, 0.2) is 373 Å². The molecular weight excluding hydrogens is 1330 g/mol. The van der Waals surface area contributed by atoms with Crippen LogP contribution < -0.4 is 0 Å². The van der Waals surface area contributed by atoms with Crippen molar-refractivity contribution in [3.63, 3.8) is 0 Å². The van der Waals surface area contributed by atoms with Crippen LogP contribution in [0.4, 0.5) is 0 Å². The quantitative estimate of drug-likeness (QED) is 0.149. The first-order valence-corrected chi connectivity index (χ1v) is 38.4. The van der Waals surface area contributed by atoms with Gasteiger partial charge in [-0.3, -0.25) is 0 Å². The number of benzene rings is 19. The van der Waals surface area contributed by atoms with E-state index in [4.69, 9.17) is 8.83 Å². The smallest absolute Gasteiger partial charge is 0.143 e. The van der Waals surface area contributed by atoms with Crippen LogP contribution in [-0.2, 0) is 10.8 Å². The Labute approximate surface area is 638 Å². The van der Waals surface area contributed by atoms with Crippen molar-refractivity contribution in [2.45, 2.75) is 38.5 Å². The third kappa shape index (κ3) is 9.82. The average Bonchev–Trinajstić information content (AvgIpc) is 1.67. The molecule has 23 rings (SSSR count). The van der Waals surface area contributed by atoms with Crippen molar-refractivity contribution in [3.05, 3.63) is 386 Å². The van der Waals surface area contributed by atoms with Crippen LogP contribution in [0.2, 0.25) is 0 Å². The van der Waals surface area contributed by atoms with Crippen LogP contribution in [0.1, 0.15) is 49.9 Å². The molecule has 0 saturated heterocycles. The first-order valence-electron chi connectivity index (χ1n) is 38.4. The number of fused-ring (bicyclic) bond motifs is 18. The van der Waals surface area contributed by atoms with Crippen molar-refractivity contribution in [3.8, 4) is 100 Å². The van der Waals surface area contributed by atoms with Crippen LogP contribution in [0, 0.1) is 0 Å². The number of furan rings is 2. The van der Waals surface area contributed by atoms with E-state index in [2.05, 4.69) is 386 Å². The Morgan fingerprint density at radius 3 is 0.982 bits per heavy atom. The minimum absolute atomic E-state index is 0.0404. The summed E-state index contributed by atoms with van der Waals surface area (Å²) in [6, 6.07) is 134. The minimum atomic E-state index is -0.0616. The van der Waals surface area contributed by atoms with Gasteiger partial charge in [-0.1, -0.05) is 325 Å². The summed E-state index contributed by atoms with van der Waals surface area (Å²) in [4.78, 5) is 0. The van der Waals surface area contributed by atoms with E-state index in [9.17, 15) is 0 Å². The minimum Gasteiger partial charge on any atom is -0.456 e. The second-order valence-electron chi connectivity index (χ2n) is 31.3. The van der Waals surface area contributed by atoms with Crippen LogP contribution in [0.25, 0.3) is 209 Å². The van der Waals surface area contributed by atoms with E-state index < -0.39 is 0 Å². The Morgan fingerprint density at radius 1 is 0.173 bits per heavy atom. The first-order chi connectivity index (χ1) is 54.0. The van der Waals surface area contributed by atoms with Crippen LogP contribution in [0.3, 0.4) is 0 Å². The van der Waals surface area contributed by atoms with Crippen LogP contribution >= 0.6 is 0 Å². The maximum atomic E-state index is 6.58. The summed E-state index contributed by atoms with van der Waals surface area (Å²) in [6.07, 6.45) is 0. The molecule has 0 saturated carbocycles. The predicted octanol–water partition coefficient (Wildman–Crippen LogP) is 30.4. The molecule has 0 atom stereocenters. The molecule has 110 heavy (non-hydrogen) atoms. The second-order valence-corrected chi connectivity index (χ2v) is 31.3. The maximum absolute atomic E-state index is 6.58. The molecule has 2 heterocycles. The van der Waals surface area contributed by atoms with Gasteiger partial charge in [-0.15, -0.1) is 0 Å².